The van der Waals surface area contributed by atoms with E-state index in [0.717, 1.165) is 117 Å². The average Bonchev–Trinajstić information content (AvgIpc) is 4.41. The van der Waals surface area contributed by atoms with Crippen molar-refractivity contribution in [2.75, 3.05) is 9.71 Å². The van der Waals surface area contributed by atoms with E-state index in [4.69, 9.17) is 13.3 Å². The molecule has 0 aliphatic carbocycles. The molecular formula is C68H50BN3O3. The van der Waals surface area contributed by atoms with Crippen LogP contribution in [0, 0.1) is 0 Å². The van der Waals surface area contributed by atoms with Crippen LogP contribution in [0.15, 0.2) is 207 Å². The van der Waals surface area contributed by atoms with E-state index in [1.807, 2.05) is 0 Å². The average molecular weight is 968 g/mol. The minimum Gasteiger partial charge on any atom is -0.456 e. The number of furan rings is 3. The van der Waals surface area contributed by atoms with Gasteiger partial charge < -0.3 is 27.5 Å². The van der Waals surface area contributed by atoms with Gasteiger partial charge in [0, 0.05) is 94.4 Å². The second-order valence-electron chi connectivity index (χ2n) is 22.9. The first-order valence-electron chi connectivity index (χ1n) is 26.2. The summed E-state index contributed by atoms with van der Waals surface area (Å²) in [7, 11) is 0. The molecule has 2 aliphatic heterocycles. The summed E-state index contributed by atoms with van der Waals surface area (Å²) < 4.78 is 23.8. The van der Waals surface area contributed by atoms with E-state index >= 15 is 0 Å². The molecule has 0 saturated heterocycles. The number of benzene rings is 10. The first-order valence-corrected chi connectivity index (χ1v) is 26.2. The molecule has 2 aliphatic rings. The largest absolute Gasteiger partial charge is 0.456 e. The van der Waals surface area contributed by atoms with E-state index in [9.17, 15) is 0 Å². The molecule has 0 unspecified atom stereocenters. The summed E-state index contributed by atoms with van der Waals surface area (Å²) in [4.78, 5) is 4.90. The highest BCUT2D eigenvalue weighted by Crippen LogP contribution is 2.53. The molecule has 358 valence electrons. The van der Waals surface area contributed by atoms with Crippen molar-refractivity contribution in [2.45, 2.75) is 52.4 Å². The maximum atomic E-state index is 7.39. The van der Waals surface area contributed by atoms with Crippen molar-refractivity contribution < 1.29 is 13.3 Å². The minimum absolute atomic E-state index is 0.0307. The third-order valence-corrected chi connectivity index (χ3v) is 16.4. The van der Waals surface area contributed by atoms with Crippen LogP contribution < -0.4 is 20.6 Å². The van der Waals surface area contributed by atoms with Crippen LogP contribution in [-0.2, 0) is 10.8 Å². The Morgan fingerprint density at radius 1 is 0.427 bits per heavy atom. The third kappa shape index (κ3) is 5.92. The van der Waals surface area contributed by atoms with Gasteiger partial charge in [-0.3, -0.25) is 0 Å². The predicted molar refractivity (Wildman–Crippen MR) is 314 cm³/mol. The highest BCUT2D eigenvalue weighted by Gasteiger charge is 2.47. The molecular weight excluding hydrogens is 918 g/mol. The number of fused-ring (bicyclic) bond motifs is 19. The Kier molecular flexibility index (Phi) is 8.43. The lowest BCUT2D eigenvalue weighted by atomic mass is 9.43. The van der Waals surface area contributed by atoms with Crippen LogP contribution in [0.3, 0.4) is 0 Å². The third-order valence-electron chi connectivity index (χ3n) is 16.4. The zero-order chi connectivity index (χ0) is 50.2. The Hall–Kier alpha value is -8.94. The quantitative estimate of drug-likeness (QED) is 0.165. The lowest BCUT2D eigenvalue weighted by Gasteiger charge is -2.42. The van der Waals surface area contributed by atoms with Crippen molar-refractivity contribution in [1.29, 1.82) is 0 Å². The van der Waals surface area contributed by atoms with Crippen LogP contribution in [0.5, 0.6) is 0 Å². The fourth-order valence-corrected chi connectivity index (χ4v) is 12.9. The Bertz CT molecular complexity index is 4700. The molecule has 0 fully saturated rings. The molecule has 6 heterocycles. The molecule has 0 spiro atoms. The van der Waals surface area contributed by atoms with Gasteiger partial charge in [0.25, 0.3) is 0 Å². The number of aromatic nitrogens is 1. The molecule has 14 aromatic rings. The van der Waals surface area contributed by atoms with Gasteiger partial charge in [0.1, 0.15) is 33.5 Å². The van der Waals surface area contributed by atoms with Gasteiger partial charge in [-0.15, -0.1) is 0 Å². The lowest BCUT2D eigenvalue weighted by molar-refractivity contribution is 0.590. The first kappa shape index (κ1) is 42.6. The first-order chi connectivity index (χ1) is 36.5. The predicted octanol–water partition coefficient (Wildman–Crippen LogP) is 17.8. The summed E-state index contributed by atoms with van der Waals surface area (Å²) >= 11 is 0. The van der Waals surface area contributed by atoms with Crippen molar-refractivity contribution in [3.8, 4) is 16.8 Å². The number of para-hydroxylation sites is 4. The normalized spacial score (nSPS) is 13.4. The van der Waals surface area contributed by atoms with Gasteiger partial charge in [-0.2, -0.15) is 0 Å². The Morgan fingerprint density at radius 3 is 1.73 bits per heavy atom. The molecule has 7 heteroatoms. The maximum Gasteiger partial charge on any atom is 0.333 e. The fourth-order valence-electron chi connectivity index (χ4n) is 12.9. The van der Waals surface area contributed by atoms with E-state index in [-0.39, 0.29) is 17.7 Å². The van der Waals surface area contributed by atoms with Crippen molar-refractivity contribution >= 4 is 134 Å². The van der Waals surface area contributed by atoms with E-state index in [0.29, 0.717) is 0 Å². The highest BCUT2D eigenvalue weighted by atomic mass is 16.3. The summed E-state index contributed by atoms with van der Waals surface area (Å²) in [5, 5.41) is 8.98. The van der Waals surface area contributed by atoms with Gasteiger partial charge in [0.2, 0.25) is 0 Å². The smallest absolute Gasteiger partial charge is 0.333 e. The number of rotatable bonds is 4. The monoisotopic (exact) mass is 967 g/mol. The van der Waals surface area contributed by atoms with Gasteiger partial charge >= 0.3 is 6.85 Å². The molecule has 0 bridgehead atoms. The van der Waals surface area contributed by atoms with Gasteiger partial charge in [-0.1, -0.05) is 133 Å². The van der Waals surface area contributed by atoms with Crippen molar-refractivity contribution in [3.05, 3.63) is 205 Å². The summed E-state index contributed by atoms with van der Waals surface area (Å²) in [5.41, 5.74) is 21.1. The van der Waals surface area contributed by atoms with Crippen LogP contribution in [0.1, 0.15) is 52.7 Å². The summed E-state index contributed by atoms with van der Waals surface area (Å²) in [6.45, 7) is 13.5. The van der Waals surface area contributed by atoms with Crippen molar-refractivity contribution in [3.63, 3.8) is 0 Å². The zero-order valence-corrected chi connectivity index (χ0v) is 42.6. The standard InChI is InChI=1S/C68H50BN3O3/c1-67(2,3)39-25-28-43(29-26-39)72-54-38-60-48(47-34-44(30-32-58(47)74-60)70(41-17-9-7-10-18-41)42-19-11-8-12-20-42)35-51(54)63-64-65-61(62-46-22-14-16-24-57(46)75-66(62)63)50-33-40(68(4,5)6)27-31-53(50)71(65)55-36-49-45-21-13-15-23-56(45)73-59(49)37-52(55)69(64)72/h7-38H,1-6H3. The van der Waals surface area contributed by atoms with Crippen molar-refractivity contribution in [2.24, 2.45) is 0 Å². The molecule has 0 radical (unpaired) electrons. The van der Waals surface area contributed by atoms with Crippen molar-refractivity contribution in [1.82, 2.24) is 4.57 Å². The highest BCUT2D eigenvalue weighted by molar-refractivity contribution is 6.94. The fraction of sp³-hybridized carbons (Fsp3) is 0.118. The van der Waals surface area contributed by atoms with Crippen LogP contribution in [-0.4, -0.2) is 11.4 Å². The van der Waals surface area contributed by atoms with E-state index in [1.54, 1.807) is 0 Å². The number of hydrogen-bond donors (Lipinski definition) is 0. The molecule has 75 heavy (non-hydrogen) atoms. The molecule has 0 amide bonds. The molecule has 0 N–H and O–H groups in total. The Labute approximate surface area is 433 Å². The van der Waals surface area contributed by atoms with Crippen LogP contribution >= 0.6 is 0 Å². The molecule has 0 saturated carbocycles. The second kappa shape index (κ2) is 14.9. The lowest BCUT2D eigenvalue weighted by Crippen LogP contribution is -2.60. The zero-order valence-electron chi connectivity index (χ0n) is 42.6. The van der Waals surface area contributed by atoms with Crippen LogP contribution in [0.4, 0.5) is 28.4 Å². The molecule has 6 nitrogen and oxygen atoms in total. The second-order valence-corrected chi connectivity index (χ2v) is 22.9. The van der Waals surface area contributed by atoms with E-state index in [2.05, 4.69) is 250 Å². The molecule has 0 atom stereocenters. The summed E-state index contributed by atoms with van der Waals surface area (Å²) in [6.07, 6.45) is 0. The molecule has 16 rings (SSSR count). The van der Waals surface area contributed by atoms with Gasteiger partial charge in [0.15, 0.2) is 0 Å². The van der Waals surface area contributed by atoms with Gasteiger partial charge in [-0.05, 0) is 130 Å². The number of nitrogens with zero attached hydrogens (tertiary/aromatic N) is 3. The topological polar surface area (TPSA) is 50.8 Å². The van der Waals surface area contributed by atoms with Gasteiger partial charge in [0.05, 0.1) is 11.0 Å². The Balaban J connectivity index is 1.08. The Morgan fingerprint density at radius 2 is 1.03 bits per heavy atom. The molecule has 4 aromatic heterocycles. The summed E-state index contributed by atoms with van der Waals surface area (Å²) in [5.74, 6) is 0. The SMILES string of the molecule is CC(C)(C)c1ccc(N2B3c4cc5oc6ccccc6c5cc4-n4c5ccc(C(C)(C)C)cc5c5c6c(oc7ccccc76)c(c3c54)-c3cc4c(cc32)oc2ccc(N(c3ccccc3)c3ccccc3)cc24)cc1. The minimum atomic E-state index is -0.293. The van der Waals surface area contributed by atoms with E-state index in [1.165, 1.54) is 38.4 Å². The number of hydrogen-bond acceptors (Lipinski definition) is 5. The summed E-state index contributed by atoms with van der Waals surface area (Å²) in [6, 6.07) is 70.7. The van der Waals surface area contributed by atoms with Crippen LogP contribution in [0.2, 0.25) is 0 Å². The van der Waals surface area contributed by atoms with Crippen LogP contribution in [0.25, 0.3) is 104 Å². The van der Waals surface area contributed by atoms with Gasteiger partial charge in [-0.25, -0.2) is 0 Å². The van der Waals surface area contributed by atoms with E-state index < -0.39 is 0 Å². The molecule has 10 aromatic carbocycles. The maximum absolute atomic E-state index is 7.39. The number of anilines is 5.